The molecule has 140 valence electrons. The lowest BCUT2D eigenvalue weighted by Crippen LogP contribution is -2.40. The number of nitrogens with zero attached hydrogens (tertiary/aromatic N) is 3. The van der Waals surface area contributed by atoms with Crippen LogP contribution in [0.1, 0.15) is 41.0 Å². The molecule has 0 amide bonds. The van der Waals surface area contributed by atoms with Crippen molar-refractivity contribution in [2.45, 2.75) is 38.1 Å². The maximum atomic E-state index is 11.7. The number of aromatic nitrogens is 2. The van der Waals surface area contributed by atoms with Gasteiger partial charge in [-0.3, -0.25) is 0 Å². The SMILES string of the molecule is O=C(O)c1nc2c(c(N3CC4CCCNC4C3)n1)CCCc1ccccc1-2. The Morgan fingerprint density at radius 3 is 2.89 bits per heavy atom. The summed E-state index contributed by atoms with van der Waals surface area (Å²) in [6.07, 6.45) is 5.35. The van der Waals surface area contributed by atoms with Crippen LogP contribution in [0.5, 0.6) is 0 Å². The van der Waals surface area contributed by atoms with Crippen LogP contribution in [0.15, 0.2) is 24.3 Å². The Morgan fingerprint density at radius 1 is 1.15 bits per heavy atom. The van der Waals surface area contributed by atoms with Gasteiger partial charge in [0, 0.05) is 30.3 Å². The van der Waals surface area contributed by atoms with E-state index in [1.54, 1.807) is 0 Å². The highest BCUT2D eigenvalue weighted by molar-refractivity contribution is 5.86. The number of anilines is 1. The molecule has 2 aromatic rings. The van der Waals surface area contributed by atoms with Crippen molar-refractivity contribution in [1.82, 2.24) is 15.3 Å². The number of rotatable bonds is 2. The minimum atomic E-state index is -1.06. The lowest BCUT2D eigenvalue weighted by Gasteiger charge is -2.24. The normalized spacial score (nSPS) is 23.9. The fraction of sp³-hybridized carbons (Fsp3) is 0.476. The number of benzene rings is 1. The zero-order chi connectivity index (χ0) is 18.4. The number of nitrogens with one attached hydrogen (secondary N) is 1. The van der Waals surface area contributed by atoms with Gasteiger partial charge < -0.3 is 15.3 Å². The molecule has 2 unspecified atom stereocenters. The molecule has 0 bridgehead atoms. The summed E-state index contributed by atoms with van der Waals surface area (Å²) in [5.41, 5.74) is 4.23. The fourth-order valence-electron chi connectivity index (χ4n) is 4.93. The van der Waals surface area contributed by atoms with Gasteiger partial charge >= 0.3 is 5.97 Å². The van der Waals surface area contributed by atoms with Crippen molar-refractivity contribution in [1.29, 1.82) is 0 Å². The Balaban J connectivity index is 1.64. The largest absolute Gasteiger partial charge is 0.475 e. The summed E-state index contributed by atoms with van der Waals surface area (Å²) < 4.78 is 0. The first-order valence-corrected chi connectivity index (χ1v) is 9.91. The number of hydrogen-bond donors (Lipinski definition) is 2. The van der Waals surface area contributed by atoms with E-state index in [1.165, 1.54) is 18.4 Å². The number of hydrogen-bond acceptors (Lipinski definition) is 5. The third-order valence-corrected chi connectivity index (χ3v) is 6.22. The predicted molar refractivity (Wildman–Crippen MR) is 103 cm³/mol. The number of piperidine rings is 1. The number of fused-ring (bicyclic) bond motifs is 4. The molecule has 2 atom stereocenters. The summed E-state index contributed by atoms with van der Waals surface area (Å²) in [4.78, 5) is 23.1. The van der Waals surface area contributed by atoms with Gasteiger partial charge in [-0.2, -0.15) is 0 Å². The number of aromatic carboxylic acids is 1. The minimum absolute atomic E-state index is 0.0942. The van der Waals surface area contributed by atoms with Crippen LogP contribution in [0.4, 0.5) is 5.82 Å². The summed E-state index contributed by atoms with van der Waals surface area (Å²) in [5.74, 6) is 0.305. The Hall–Kier alpha value is -2.47. The van der Waals surface area contributed by atoms with Gasteiger partial charge in [0.1, 0.15) is 5.82 Å². The molecule has 1 aliphatic carbocycles. The van der Waals surface area contributed by atoms with Gasteiger partial charge in [0.05, 0.1) is 5.69 Å². The molecule has 2 fully saturated rings. The van der Waals surface area contributed by atoms with E-state index < -0.39 is 5.97 Å². The molecular formula is C21H24N4O2. The average molecular weight is 364 g/mol. The molecule has 2 N–H and O–H groups in total. The molecule has 3 heterocycles. The van der Waals surface area contributed by atoms with Gasteiger partial charge in [-0.1, -0.05) is 24.3 Å². The molecule has 0 radical (unpaired) electrons. The first-order valence-electron chi connectivity index (χ1n) is 9.91. The predicted octanol–water partition coefficient (Wildman–Crippen LogP) is 2.52. The molecule has 5 rings (SSSR count). The summed E-state index contributed by atoms with van der Waals surface area (Å²) in [5, 5.41) is 13.2. The lowest BCUT2D eigenvalue weighted by molar-refractivity contribution is 0.0683. The molecule has 6 nitrogen and oxygen atoms in total. The van der Waals surface area contributed by atoms with E-state index in [2.05, 4.69) is 32.3 Å². The van der Waals surface area contributed by atoms with Gasteiger partial charge in [0.25, 0.3) is 0 Å². The van der Waals surface area contributed by atoms with Crippen LogP contribution in [0.2, 0.25) is 0 Å². The van der Waals surface area contributed by atoms with E-state index in [9.17, 15) is 9.90 Å². The monoisotopic (exact) mass is 364 g/mol. The van der Waals surface area contributed by atoms with Gasteiger partial charge in [0.15, 0.2) is 0 Å². The van der Waals surface area contributed by atoms with Crippen LogP contribution in [0.3, 0.4) is 0 Å². The number of carbonyl (C=O) groups is 1. The van der Waals surface area contributed by atoms with E-state index in [4.69, 9.17) is 0 Å². The van der Waals surface area contributed by atoms with Crippen LogP contribution < -0.4 is 10.2 Å². The topological polar surface area (TPSA) is 78.3 Å². The fourth-order valence-corrected chi connectivity index (χ4v) is 4.93. The molecule has 1 aromatic heterocycles. The van der Waals surface area contributed by atoms with E-state index in [0.29, 0.717) is 12.0 Å². The number of carboxylic acid groups (broad SMARTS) is 1. The van der Waals surface area contributed by atoms with E-state index in [1.807, 2.05) is 12.1 Å². The van der Waals surface area contributed by atoms with Crippen LogP contribution in [0, 0.1) is 5.92 Å². The first-order chi connectivity index (χ1) is 13.2. The first kappa shape index (κ1) is 16.7. The van der Waals surface area contributed by atoms with Gasteiger partial charge in [-0.15, -0.1) is 0 Å². The quantitative estimate of drug-likeness (QED) is 0.853. The highest BCUT2D eigenvalue weighted by atomic mass is 16.4. The van der Waals surface area contributed by atoms with Crippen LogP contribution in [0.25, 0.3) is 11.3 Å². The zero-order valence-corrected chi connectivity index (χ0v) is 15.3. The van der Waals surface area contributed by atoms with E-state index >= 15 is 0 Å². The van der Waals surface area contributed by atoms with Crippen LogP contribution >= 0.6 is 0 Å². The average Bonchev–Trinajstić information content (AvgIpc) is 3.03. The maximum absolute atomic E-state index is 11.7. The molecule has 1 aromatic carbocycles. The van der Waals surface area contributed by atoms with Crippen LogP contribution in [-0.4, -0.2) is 46.7 Å². The summed E-state index contributed by atoms with van der Waals surface area (Å²) >= 11 is 0. The molecule has 3 aliphatic rings. The van der Waals surface area contributed by atoms with Crippen molar-refractivity contribution in [3.63, 3.8) is 0 Å². The Labute approximate surface area is 158 Å². The molecule has 6 heteroatoms. The second kappa shape index (κ2) is 6.60. The molecule has 0 saturated carbocycles. The lowest BCUT2D eigenvalue weighted by atomic mass is 9.94. The van der Waals surface area contributed by atoms with Crippen molar-refractivity contribution >= 4 is 11.8 Å². The maximum Gasteiger partial charge on any atom is 0.374 e. The van der Waals surface area contributed by atoms with Gasteiger partial charge in [-0.05, 0) is 50.1 Å². The molecule has 2 aliphatic heterocycles. The molecule has 27 heavy (non-hydrogen) atoms. The number of carboxylic acids is 1. The Morgan fingerprint density at radius 2 is 2.04 bits per heavy atom. The van der Waals surface area contributed by atoms with Crippen molar-refractivity contribution in [2.75, 3.05) is 24.5 Å². The number of aryl methyl sites for hydroxylation is 1. The molecule has 2 saturated heterocycles. The van der Waals surface area contributed by atoms with Gasteiger partial charge in [0.2, 0.25) is 5.82 Å². The van der Waals surface area contributed by atoms with E-state index in [-0.39, 0.29) is 5.82 Å². The Kier molecular flexibility index (Phi) is 4.08. The zero-order valence-electron chi connectivity index (χ0n) is 15.3. The molecular weight excluding hydrogens is 340 g/mol. The second-order valence-corrected chi connectivity index (χ2v) is 7.88. The Bertz CT molecular complexity index is 884. The van der Waals surface area contributed by atoms with E-state index in [0.717, 1.165) is 61.5 Å². The van der Waals surface area contributed by atoms with Gasteiger partial charge in [-0.25, -0.2) is 14.8 Å². The van der Waals surface area contributed by atoms with Crippen LogP contribution in [-0.2, 0) is 12.8 Å². The van der Waals surface area contributed by atoms with Crippen molar-refractivity contribution < 1.29 is 9.90 Å². The third-order valence-electron chi connectivity index (χ3n) is 6.22. The third kappa shape index (κ3) is 2.88. The highest BCUT2D eigenvalue weighted by Crippen LogP contribution is 2.37. The smallest absolute Gasteiger partial charge is 0.374 e. The standard InChI is InChI=1S/C21H24N4O2/c26-21(27)19-23-18-15-8-2-1-5-13(15)6-3-9-16(18)20(24-19)25-11-14-7-4-10-22-17(14)12-25/h1-2,5,8,14,17,22H,3-4,6-7,9-12H2,(H,26,27). The van der Waals surface area contributed by atoms with Crippen molar-refractivity contribution in [3.05, 3.63) is 41.2 Å². The summed E-state index contributed by atoms with van der Waals surface area (Å²) in [6, 6.07) is 8.72. The highest BCUT2D eigenvalue weighted by Gasteiger charge is 2.37. The second-order valence-electron chi connectivity index (χ2n) is 7.88. The van der Waals surface area contributed by atoms with Crippen molar-refractivity contribution in [3.8, 4) is 11.3 Å². The summed E-state index contributed by atoms with van der Waals surface area (Å²) in [7, 11) is 0. The minimum Gasteiger partial charge on any atom is -0.475 e. The molecule has 0 spiro atoms. The summed E-state index contributed by atoms with van der Waals surface area (Å²) in [6.45, 7) is 2.92. The van der Waals surface area contributed by atoms with Crippen molar-refractivity contribution in [2.24, 2.45) is 5.92 Å².